The van der Waals surface area contributed by atoms with Crippen LogP contribution < -0.4 is 5.11 Å². The van der Waals surface area contributed by atoms with Crippen molar-refractivity contribution < 1.29 is 23.1 Å². The normalized spacial score (nSPS) is 16.1. The maximum atomic E-state index is 12.7. The number of benzene rings is 1. The Kier molecular flexibility index (Phi) is 5.18. The quantitative estimate of drug-likeness (QED) is 0.801. The first kappa shape index (κ1) is 20.3. The summed E-state index contributed by atoms with van der Waals surface area (Å²) in [7, 11) is 0. The molecule has 152 valence electrons. The molecule has 0 aliphatic carbocycles. The van der Waals surface area contributed by atoms with Gasteiger partial charge in [-0.25, -0.2) is 0 Å². The van der Waals surface area contributed by atoms with Crippen molar-refractivity contribution in [3.63, 3.8) is 0 Å². The smallest absolute Gasteiger partial charge is 0.416 e. The van der Waals surface area contributed by atoms with Crippen LogP contribution in [-0.2, 0) is 12.7 Å². The average molecular weight is 394 g/mol. The van der Waals surface area contributed by atoms with Crippen molar-refractivity contribution in [3.05, 3.63) is 53.9 Å². The van der Waals surface area contributed by atoms with Crippen LogP contribution in [0.3, 0.4) is 0 Å². The number of likely N-dealkylation sites (tertiary alicyclic amines) is 1. The van der Waals surface area contributed by atoms with Gasteiger partial charge >= 0.3 is 6.18 Å². The van der Waals surface area contributed by atoms with Gasteiger partial charge < -0.3 is 19.4 Å². The second-order valence-corrected chi connectivity index (χ2v) is 8.13. The van der Waals surface area contributed by atoms with Gasteiger partial charge in [0.2, 0.25) is 0 Å². The molecular weight excluding hydrogens is 371 g/mol. The SMILES string of the molecule is CC(C)(C)N(C(=O)[O-])C1CN(Cc2ccn(-c3ccc(C(F)(F)F)cc3)c2)C1. The summed E-state index contributed by atoms with van der Waals surface area (Å²) in [5.74, 6) is 0. The number of hydrogen-bond donors (Lipinski definition) is 0. The molecule has 0 radical (unpaired) electrons. The lowest BCUT2D eigenvalue weighted by Crippen LogP contribution is -2.67. The molecular formula is C20H23F3N3O2-. The number of amides is 1. The lowest BCUT2D eigenvalue weighted by molar-refractivity contribution is -0.276. The Bertz CT molecular complexity index is 832. The average Bonchev–Trinajstić information content (AvgIpc) is 2.99. The summed E-state index contributed by atoms with van der Waals surface area (Å²) in [5.41, 5.74) is 0.471. The fraction of sp³-hybridized carbons (Fsp3) is 0.450. The molecule has 0 unspecified atom stereocenters. The Hall–Kier alpha value is -2.48. The van der Waals surface area contributed by atoms with E-state index >= 15 is 0 Å². The van der Waals surface area contributed by atoms with Gasteiger partial charge in [-0.2, -0.15) is 13.2 Å². The lowest BCUT2D eigenvalue weighted by Gasteiger charge is -2.51. The van der Waals surface area contributed by atoms with Gasteiger partial charge in [0.05, 0.1) is 11.6 Å². The molecule has 0 bridgehead atoms. The van der Waals surface area contributed by atoms with Gasteiger partial charge in [0.15, 0.2) is 0 Å². The van der Waals surface area contributed by atoms with E-state index in [0.29, 0.717) is 25.3 Å². The largest absolute Gasteiger partial charge is 0.530 e. The minimum Gasteiger partial charge on any atom is -0.530 e. The highest BCUT2D eigenvalue weighted by atomic mass is 19.4. The van der Waals surface area contributed by atoms with Crippen LogP contribution in [0.25, 0.3) is 5.69 Å². The summed E-state index contributed by atoms with van der Waals surface area (Å²) in [6, 6.07) is 6.82. The molecule has 1 amide bonds. The van der Waals surface area contributed by atoms with E-state index in [2.05, 4.69) is 4.90 Å². The van der Waals surface area contributed by atoms with Crippen molar-refractivity contribution in [2.75, 3.05) is 13.1 Å². The van der Waals surface area contributed by atoms with E-state index in [0.717, 1.165) is 17.7 Å². The molecule has 1 aromatic heterocycles. The molecule has 2 aromatic rings. The molecule has 1 aliphatic rings. The zero-order valence-corrected chi connectivity index (χ0v) is 16.0. The van der Waals surface area contributed by atoms with Crippen molar-refractivity contribution in [3.8, 4) is 5.69 Å². The standard InChI is InChI=1S/C20H24F3N3O2/c1-19(2,3)26(18(27)28)17-12-24(13-17)10-14-8-9-25(11-14)16-6-4-15(5-7-16)20(21,22)23/h4-9,11,17H,10,12-13H2,1-3H3,(H,27,28)/p-1. The molecule has 0 N–H and O–H groups in total. The summed E-state index contributed by atoms with van der Waals surface area (Å²) in [6.07, 6.45) is -1.83. The van der Waals surface area contributed by atoms with E-state index < -0.39 is 23.4 Å². The molecule has 28 heavy (non-hydrogen) atoms. The maximum absolute atomic E-state index is 12.7. The number of aromatic nitrogens is 1. The summed E-state index contributed by atoms with van der Waals surface area (Å²) in [6.45, 7) is 7.42. The first-order chi connectivity index (χ1) is 12.9. The van der Waals surface area contributed by atoms with Crippen molar-refractivity contribution in [2.45, 2.75) is 45.1 Å². The number of carbonyl (C=O) groups excluding carboxylic acids is 1. The van der Waals surface area contributed by atoms with E-state index in [1.54, 1.807) is 10.8 Å². The van der Waals surface area contributed by atoms with Crippen LogP contribution in [0.15, 0.2) is 42.7 Å². The molecule has 1 saturated heterocycles. The van der Waals surface area contributed by atoms with Crippen molar-refractivity contribution in [1.29, 1.82) is 0 Å². The molecule has 5 nitrogen and oxygen atoms in total. The number of halogens is 3. The van der Waals surface area contributed by atoms with Gasteiger partial charge in [0, 0.05) is 43.3 Å². The Morgan fingerprint density at radius 3 is 2.25 bits per heavy atom. The molecule has 3 rings (SSSR count). The number of carbonyl (C=O) groups is 1. The first-order valence-electron chi connectivity index (χ1n) is 9.02. The van der Waals surface area contributed by atoms with Crippen LogP contribution in [0.2, 0.25) is 0 Å². The second-order valence-electron chi connectivity index (χ2n) is 8.13. The van der Waals surface area contributed by atoms with Crippen molar-refractivity contribution in [2.24, 2.45) is 0 Å². The van der Waals surface area contributed by atoms with E-state index in [1.807, 2.05) is 33.0 Å². The number of carboxylic acid groups (broad SMARTS) is 1. The summed E-state index contributed by atoms with van der Waals surface area (Å²) in [5, 5.41) is 11.4. The van der Waals surface area contributed by atoms with Gasteiger partial charge in [0.25, 0.3) is 0 Å². The van der Waals surface area contributed by atoms with E-state index in [1.165, 1.54) is 17.0 Å². The van der Waals surface area contributed by atoms with E-state index in [4.69, 9.17) is 0 Å². The highest BCUT2D eigenvalue weighted by Crippen LogP contribution is 2.30. The zero-order chi connectivity index (χ0) is 20.7. The van der Waals surface area contributed by atoms with Gasteiger partial charge in [-0.3, -0.25) is 4.90 Å². The fourth-order valence-corrected chi connectivity index (χ4v) is 3.58. The molecule has 0 atom stereocenters. The zero-order valence-electron chi connectivity index (χ0n) is 16.0. The maximum Gasteiger partial charge on any atom is 0.416 e. The van der Waals surface area contributed by atoms with Gasteiger partial charge in [-0.05, 0) is 56.7 Å². The lowest BCUT2D eigenvalue weighted by atomic mass is 9.98. The summed E-state index contributed by atoms with van der Waals surface area (Å²) < 4.78 is 39.8. The predicted molar refractivity (Wildman–Crippen MR) is 96.8 cm³/mol. The van der Waals surface area contributed by atoms with Crippen molar-refractivity contribution in [1.82, 2.24) is 14.4 Å². The Balaban J connectivity index is 1.60. The minimum atomic E-state index is -4.35. The Morgan fingerprint density at radius 1 is 1.14 bits per heavy atom. The predicted octanol–water partition coefficient (Wildman–Crippen LogP) is 3.12. The second kappa shape index (κ2) is 7.16. The molecule has 0 spiro atoms. The van der Waals surface area contributed by atoms with E-state index in [9.17, 15) is 23.1 Å². The number of rotatable bonds is 4. The summed E-state index contributed by atoms with van der Waals surface area (Å²) in [4.78, 5) is 14.9. The molecule has 1 aromatic carbocycles. The minimum absolute atomic E-state index is 0.0954. The third-order valence-electron chi connectivity index (χ3n) is 4.88. The topological polar surface area (TPSA) is 51.5 Å². The molecule has 0 saturated carbocycles. The third-order valence-corrected chi connectivity index (χ3v) is 4.88. The monoisotopic (exact) mass is 394 g/mol. The number of nitrogens with zero attached hydrogens (tertiary/aromatic N) is 3. The molecule has 8 heteroatoms. The van der Waals surface area contributed by atoms with Crippen LogP contribution >= 0.6 is 0 Å². The van der Waals surface area contributed by atoms with E-state index in [-0.39, 0.29) is 6.04 Å². The first-order valence-corrected chi connectivity index (χ1v) is 9.02. The van der Waals surface area contributed by atoms with Gasteiger partial charge in [-0.1, -0.05) is 0 Å². The Labute approximate surface area is 162 Å². The van der Waals surface area contributed by atoms with Crippen molar-refractivity contribution >= 4 is 6.09 Å². The molecule has 2 heterocycles. The van der Waals surface area contributed by atoms with Crippen LogP contribution in [0.1, 0.15) is 31.9 Å². The van der Waals surface area contributed by atoms with Crippen LogP contribution in [0, 0.1) is 0 Å². The molecule has 1 aliphatic heterocycles. The van der Waals surface area contributed by atoms with Crippen LogP contribution in [-0.4, -0.2) is 45.1 Å². The van der Waals surface area contributed by atoms with Crippen LogP contribution in [0.5, 0.6) is 0 Å². The number of alkyl halides is 3. The fourth-order valence-electron chi connectivity index (χ4n) is 3.58. The Morgan fingerprint density at radius 2 is 1.75 bits per heavy atom. The number of hydrogen-bond acceptors (Lipinski definition) is 3. The third kappa shape index (κ3) is 4.32. The van der Waals surface area contributed by atoms with Gasteiger partial charge in [-0.15, -0.1) is 0 Å². The van der Waals surface area contributed by atoms with Gasteiger partial charge in [0.1, 0.15) is 6.09 Å². The highest BCUT2D eigenvalue weighted by molar-refractivity contribution is 5.64. The van der Waals surface area contributed by atoms with Crippen LogP contribution in [0.4, 0.5) is 18.0 Å². The summed E-state index contributed by atoms with van der Waals surface area (Å²) >= 11 is 0. The molecule has 1 fully saturated rings. The highest BCUT2D eigenvalue weighted by Gasteiger charge is 2.37.